The fourth-order valence-corrected chi connectivity index (χ4v) is 5.32. The van der Waals surface area contributed by atoms with Gasteiger partial charge in [0.1, 0.15) is 5.75 Å². The number of anilines is 1. The van der Waals surface area contributed by atoms with E-state index >= 15 is 0 Å². The Bertz CT molecular complexity index is 1230. The first-order chi connectivity index (χ1) is 15.9. The molecule has 0 radical (unpaired) electrons. The molecule has 10 heteroatoms. The third-order valence-corrected chi connectivity index (χ3v) is 7.58. The summed E-state index contributed by atoms with van der Waals surface area (Å²) in [6.45, 7) is 2.43. The van der Waals surface area contributed by atoms with Crippen LogP contribution in [-0.2, 0) is 21.2 Å². The number of carbonyl (C=O) groups is 1. The minimum absolute atomic E-state index is 0.137. The van der Waals surface area contributed by atoms with Crippen molar-refractivity contribution < 1.29 is 22.5 Å². The third-order valence-electron chi connectivity index (χ3n) is 5.69. The number of nitrogens with zero attached hydrogens (tertiary/aromatic N) is 3. The molecule has 0 bridgehead atoms. The van der Waals surface area contributed by atoms with E-state index in [9.17, 15) is 13.2 Å². The molecular weight excluding hydrogens is 444 g/mol. The van der Waals surface area contributed by atoms with Crippen molar-refractivity contribution in [2.45, 2.75) is 31.1 Å². The lowest BCUT2D eigenvalue weighted by molar-refractivity contribution is -0.120. The number of sulfonamides is 1. The number of piperidine rings is 1. The summed E-state index contributed by atoms with van der Waals surface area (Å²) in [5, 5.41) is 6.82. The minimum atomic E-state index is -3.71. The molecule has 9 nitrogen and oxygen atoms in total. The van der Waals surface area contributed by atoms with E-state index in [2.05, 4.69) is 15.5 Å². The Balaban J connectivity index is 1.43. The summed E-state index contributed by atoms with van der Waals surface area (Å²) in [6, 6.07) is 13.7. The average Bonchev–Trinajstić information content (AvgIpc) is 3.34. The van der Waals surface area contributed by atoms with Crippen molar-refractivity contribution in [3.05, 3.63) is 54.4 Å². The van der Waals surface area contributed by atoms with Crippen LogP contribution < -0.4 is 10.1 Å². The normalized spacial score (nSPS) is 15.3. The predicted octanol–water partition coefficient (Wildman–Crippen LogP) is 3.35. The van der Waals surface area contributed by atoms with Crippen molar-refractivity contribution in [3.8, 4) is 17.1 Å². The van der Waals surface area contributed by atoms with E-state index in [-0.39, 0.29) is 29.8 Å². The standard InChI is InChI=1S/C23H26N4O5S/c1-3-21-25-22(26-32-21)17-7-6-8-18(15-17)33(29,30)27-13-11-16(12-14-27)23(28)24-19-9-4-5-10-20(19)31-2/h4-10,15-16H,3,11-14H2,1-2H3,(H,24,28). The number of aryl methyl sites for hydroxylation is 1. The van der Waals surface area contributed by atoms with Gasteiger partial charge in [0.25, 0.3) is 0 Å². The second kappa shape index (κ2) is 9.72. The van der Waals surface area contributed by atoms with E-state index in [1.807, 2.05) is 19.1 Å². The fourth-order valence-electron chi connectivity index (χ4n) is 3.80. The summed E-state index contributed by atoms with van der Waals surface area (Å²) in [5.41, 5.74) is 1.18. The van der Waals surface area contributed by atoms with Crippen molar-refractivity contribution in [1.82, 2.24) is 14.4 Å². The zero-order valence-electron chi connectivity index (χ0n) is 18.5. The molecule has 0 aliphatic carbocycles. The number of para-hydroxylation sites is 2. The maximum atomic E-state index is 13.2. The van der Waals surface area contributed by atoms with Gasteiger partial charge in [-0.2, -0.15) is 9.29 Å². The minimum Gasteiger partial charge on any atom is -0.495 e. The molecular formula is C23H26N4O5S. The van der Waals surface area contributed by atoms with E-state index < -0.39 is 10.0 Å². The molecule has 1 fully saturated rings. The zero-order valence-corrected chi connectivity index (χ0v) is 19.3. The van der Waals surface area contributed by atoms with Crippen molar-refractivity contribution in [2.75, 3.05) is 25.5 Å². The second-order valence-electron chi connectivity index (χ2n) is 7.76. The summed E-state index contributed by atoms with van der Waals surface area (Å²) in [7, 11) is -2.17. The number of hydrogen-bond acceptors (Lipinski definition) is 7. The van der Waals surface area contributed by atoms with Crippen LogP contribution in [-0.4, -0.2) is 49.0 Å². The fraction of sp³-hybridized carbons (Fsp3) is 0.348. The molecule has 4 rings (SSSR count). The highest BCUT2D eigenvalue weighted by molar-refractivity contribution is 7.89. The molecule has 174 valence electrons. The SMILES string of the molecule is CCc1nc(-c2cccc(S(=O)(=O)N3CCC(C(=O)Nc4ccccc4OC)CC3)c2)no1. The van der Waals surface area contributed by atoms with E-state index in [1.165, 1.54) is 4.31 Å². The number of aromatic nitrogens is 2. The van der Waals surface area contributed by atoms with Crippen LogP contribution in [0, 0.1) is 5.92 Å². The van der Waals surface area contributed by atoms with Crippen LogP contribution >= 0.6 is 0 Å². The van der Waals surface area contributed by atoms with Crippen LogP contribution in [0.5, 0.6) is 5.75 Å². The summed E-state index contributed by atoms with van der Waals surface area (Å²) in [6.07, 6.45) is 1.47. The molecule has 1 aliphatic rings. The first-order valence-electron chi connectivity index (χ1n) is 10.8. The van der Waals surface area contributed by atoms with Crippen molar-refractivity contribution in [1.29, 1.82) is 0 Å². The summed E-state index contributed by atoms with van der Waals surface area (Å²) < 4.78 is 38.3. The zero-order chi connectivity index (χ0) is 23.4. The van der Waals surface area contributed by atoms with Gasteiger partial charge in [-0.15, -0.1) is 0 Å². The maximum absolute atomic E-state index is 13.2. The van der Waals surface area contributed by atoms with Gasteiger partial charge in [-0.25, -0.2) is 8.42 Å². The molecule has 0 unspecified atom stereocenters. The van der Waals surface area contributed by atoms with Gasteiger partial charge in [0.15, 0.2) is 0 Å². The summed E-state index contributed by atoms with van der Waals surface area (Å²) in [4.78, 5) is 17.2. The average molecular weight is 471 g/mol. The Morgan fingerprint density at radius 3 is 2.64 bits per heavy atom. The predicted molar refractivity (Wildman–Crippen MR) is 122 cm³/mol. The van der Waals surface area contributed by atoms with Gasteiger partial charge in [-0.1, -0.05) is 36.3 Å². The second-order valence-corrected chi connectivity index (χ2v) is 9.70. The smallest absolute Gasteiger partial charge is 0.243 e. The number of nitrogens with one attached hydrogen (secondary N) is 1. The van der Waals surface area contributed by atoms with E-state index in [0.29, 0.717) is 48.0 Å². The molecule has 1 amide bonds. The van der Waals surface area contributed by atoms with Crippen LogP contribution in [0.15, 0.2) is 57.9 Å². The molecule has 0 spiro atoms. The third kappa shape index (κ3) is 4.91. The quantitative estimate of drug-likeness (QED) is 0.563. The van der Waals surface area contributed by atoms with Gasteiger partial charge in [0.05, 0.1) is 17.7 Å². The van der Waals surface area contributed by atoms with E-state index in [4.69, 9.17) is 9.26 Å². The Labute approximate surface area is 192 Å². The molecule has 0 atom stereocenters. The number of hydrogen-bond donors (Lipinski definition) is 1. The van der Waals surface area contributed by atoms with Gasteiger partial charge in [-0.3, -0.25) is 4.79 Å². The number of amides is 1. The number of rotatable bonds is 7. The lowest BCUT2D eigenvalue weighted by Gasteiger charge is -2.30. The highest BCUT2D eigenvalue weighted by atomic mass is 32.2. The Morgan fingerprint density at radius 1 is 1.18 bits per heavy atom. The van der Waals surface area contributed by atoms with Crippen molar-refractivity contribution in [2.24, 2.45) is 5.92 Å². The lowest BCUT2D eigenvalue weighted by Crippen LogP contribution is -2.41. The highest BCUT2D eigenvalue weighted by Gasteiger charge is 2.32. The van der Waals surface area contributed by atoms with Crippen LogP contribution in [0.25, 0.3) is 11.4 Å². The summed E-state index contributed by atoms with van der Waals surface area (Å²) >= 11 is 0. The molecule has 33 heavy (non-hydrogen) atoms. The van der Waals surface area contributed by atoms with Crippen LogP contribution in [0.3, 0.4) is 0 Å². The molecule has 1 saturated heterocycles. The monoisotopic (exact) mass is 470 g/mol. The number of carbonyl (C=O) groups excluding carboxylic acids is 1. The topological polar surface area (TPSA) is 115 Å². The van der Waals surface area contributed by atoms with Crippen LogP contribution in [0.4, 0.5) is 5.69 Å². The Hall–Kier alpha value is -3.24. The maximum Gasteiger partial charge on any atom is 0.243 e. The van der Waals surface area contributed by atoms with Gasteiger partial charge >= 0.3 is 0 Å². The van der Waals surface area contributed by atoms with Gasteiger partial charge in [-0.05, 0) is 37.1 Å². The van der Waals surface area contributed by atoms with Crippen molar-refractivity contribution >= 4 is 21.6 Å². The van der Waals surface area contributed by atoms with E-state index in [0.717, 1.165) is 0 Å². The number of methoxy groups -OCH3 is 1. The number of ether oxygens (including phenoxy) is 1. The lowest BCUT2D eigenvalue weighted by atomic mass is 9.97. The Morgan fingerprint density at radius 2 is 1.94 bits per heavy atom. The number of benzene rings is 2. The molecule has 3 aromatic rings. The molecule has 2 aromatic carbocycles. The molecule has 1 aromatic heterocycles. The first-order valence-corrected chi connectivity index (χ1v) is 12.2. The summed E-state index contributed by atoms with van der Waals surface area (Å²) in [5.74, 6) is 1.02. The van der Waals surface area contributed by atoms with E-state index in [1.54, 1.807) is 43.5 Å². The van der Waals surface area contributed by atoms with Gasteiger partial charge < -0.3 is 14.6 Å². The van der Waals surface area contributed by atoms with Crippen LogP contribution in [0.1, 0.15) is 25.7 Å². The van der Waals surface area contributed by atoms with Gasteiger partial charge in [0, 0.05) is 31.0 Å². The molecule has 1 N–H and O–H groups in total. The molecule has 2 heterocycles. The Kier molecular flexibility index (Phi) is 6.75. The van der Waals surface area contributed by atoms with Gasteiger partial charge in [0.2, 0.25) is 27.6 Å². The first kappa shape index (κ1) is 22.9. The largest absolute Gasteiger partial charge is 0.495 e. The molecule has 1 aliphatic heterocycles. The van der Waals surface area contributed by atoms with Crippen LogP contribution in [0.2, 0.25) is 0 Å². The van der Waals surface area contributed by atoms with Crippen molar-refractivity contribution in [3.63, 3.8) is 0 Å². The molecule has 0 saturated carbocycles. The highest BCUT2D eigenvalue weighted by Crippen LogP contribution is 2.29.